The van der Waals surface area contributed by atoms with E-state index in [0.717, 1.165) is 31.4 Å². The van der Waals surface area contributed by atoms with E-state index < -0.39 is 0 Å². The lowest BCUT2D eigenvalue weighted by Gasteiger charge is -2.27. The van der Waals surface area contributed by atoms with Crippen LogP contribution < -0.4 is 0 Å². The number of fused-ring (bicyclic) bond motifs is 1. The van der Waals surface area contributed by atoms with Crippen LogP contribution in [0.4, 0.5) is 0 Å². The maximum absolute atomic E-state index is 12.7. The number of aliphatic hydroxyl groups is 1. The van der Waals surface area contributed by atoms with Crippen LogP contribution >= 0.6 is 0 Å². The molecule has 0 bridgehead atoms. The molecule has 1 saturated heterocycles. The van der Waals surface area contributed by atoms with Crippen LogP contribution in [0, 0.1) is 6.92 Å². The molecule has 1 atom stereocenters. The maximum atomic E-state index is 12.7. The molecule has 1 fully saturated rings. The van der Waals surface area contributed by atoms with E-state index in [9.17, 15) is 9.90 Å². The Labute approximate surface area is 122 Å². The maximum Gasteiger partial charge on any atom is 0.293 e. The summed E-state index contributed by atoms with van der Waals surface area (Å²) < 4.78 is 1.57. The summed E-state index contributed by atoms with van der Waals surface area (Å²) >= 11 is 0. The summed E-state index contributed by atoms with van der Waals surface area (Å²) in [5, 5.41) is 13.8. The Kier molecular flexibility index (Phi) is 3.83. The highest BCUT2D eigenvalue weighted by molar-refractivity contribution is 5.91. The first kappa shape index (κ1) is 13.9. The molecule has 0 spiro atoms. The molecule has 2 aromatic rings. The van der Waals surface area contributed by atoms with Crippen molar-refractivity contribution >= 4 is 11.7 Å². The number of aromatic nitrogens is 4. The predicted molar refractivity (Wildman–Crippen MR) is 75.9 cm³/mol. The number of carbonyl (C=O) groups excluding carboxylic acids is 1. The SMILES string of the molecule is Cc1ccnc2nc(C(=O)N3CCCCCC3CO)nn12. The summed E-state index contributed by atoms with van der Waals surface area (Å²) in [5.74, 6) is 0.353. The van der Waals surface area contributed by atoms with Gasteiger partial charge in [0, 0.05) is 18.4 Å². The first-order valence-corrected chi connectivity index (χ1v) is 7.31. The number of rotatable bonds is 2. The van der Waals surface area contributed by atoms with E-state index in [1.54, 1.807) is 15.6 Å². The highest BCUT2D eigenvalue weighted by Gasteiger charge is 2.28. The Morgan fingerprint density at radius 3 is 3.05 bits per heavy atom. The molecule has 3 heterocycles. The molecule has 1 N–H and O–H groups in total. The van der Waals surface area contributed by atoms with Gasteiger partial charge in [0.15, 0.2) is 0 Å². The van der Waals surface area contributed by atoms with Gasteiger partial charge in [0.1, 0.15) is 0 Å². The second-order valence-corrected chi connectivity index (χ2v) is 5.42. The Bertz CT molecular complexity index is 654. The molecule has 1 aliphatic rings. The lowest BCUT2D eigenvalue weighted by Crippen LogP contribution is -2.42. The fraction of sp³-hybridized carbons (Fsp3) is 0.571. The molecule has 21 heavy (non-hydrogen) atoms. The average Bonchev–Trinajstić information content (AvgIpc) is 2.79. The Balaban J connectivity index is 1.93. The number of nitrogens with zero attached hydrogens (tertiary/aromatic N) is 5. The number of likely N-dealkylation sites (tertiary alicyclic amines) is 1. The molecule has 1 unspecified atom stereocenters. The first-order valence-electron chi connectivity index (χ1n) is 7.31. The molecule has 0 aromatic carbocycles. The molecular weight excluding hydrogens is 270 g/mol. The van der Waals surface area contributed by atoms with Crippen LogP contribution in [0.5, 0.6) is 0 Å². The molecule has 0 radical (unpaired) electrons. The van der Waals surface area contributed by atoms with Crippen molar-refractivity contribution in [1.29, 1.82) is 0 Å². The molecule has 0 aliphatic carbocycles. The number of hydrogen-bond acceptors (Lipinski definition) is 5. The number of amides is 1. The number of carbonyl (C=O) groups is 1. The van der Waals surface area contributed by atoms with Crippen molar-refractivity contribution in [3.05, 3.63) is 23.8 Å². The van der Waals surface area contributed by atoms with Crippen LogP contribution in [0.3, 0.4) is 0 Å². The van der Waals surface area contributed by atoms with Gasteiger partial charge in [0.25, 0.3) is 11.7 Å². The van der Waals surface area contributed by atoms with Crippen LogP contribution in [0.25, 0.3) is 5.78 Å². The summed E-state index contributed by atoms with van der Waals surface area (Å²) in [6.07, 6.45) is 5.55. The van der Waals surface area contributed by atoms with Crippen LogP contribution in [0.15, 0.2) is 12.3 Å². The van der Waals surface area contributed by atoms with Gasteiger partial charge >= 0.3 is 0 Å². The number of aryl methyl sites for hydroxylation is 1. The van der Waals surface area contributed by atoms with Gasteiger partial charge in [0.2, 0.25) is 5.82 Å². The second kappa shape index (κ2) is 5.77. The number of hydrogen-bond donors (Lipinski definition) is 1. The summed E-state index contributed by atoms with van der Waals surface area (Å²) in [6.45, 7) is 2.52. The smallest absolute Gasteiger partial charge is 0.293 e. The van der Waals surface area contributed by atoms with Gasteiger partial charge in [-0.3, -0.25) is 4.79 Å². The molecule has 112 valence electrons. The van der Waals surface area contributed by atoms with Gasteiger partial charge < -0.3 is 10.0 Å². The topological polar surface area (TPSA) is 83.6 Å². The Morgan fingerprint density at radius 2 is 2.29 bits per heavy atom. The highest BCUT2D eigenvalue weighted by atomic mass is 16.3. The fourth-order valence-electron chi connectivity index (χ4n) is 2.76. The van der Waals surface area contributed by atoms with Crippen molar-refractivity contribution in [3.8, 4) is 0 Å². The monoisotopic (exact) mass is 289 g/mol. The third-order valence-corrected chi connectivity index (χ3v) is 3.97. The number of aliphatic hydroxyl groups excluding tert-OH is 1. The van der Waals surface area contributed by atoms with Crippen molar-refractivity contribution in [2.24, 2.45) is 0 Å². The normalized spacial score (nSPS) is 19.7. The standard InChI is InChI=1S/C14H19N5O2/c1-10-6-7-15-14-16-12(17-19(10)14)13(21)18-8-4-2-3-5-11(18)9-20/h6-7,11,20H,2-5,8-9H2,1H3. The van der Waals surface area contributed by atoms with E-state index in [2.05, 4.69) is 15.1 Å². The molecule has 2 aromatic heterocycles. The molecule has 1 amide bonds. The first-order chi connectivity index (χ1) is 10.2. The molecular formula is C14H19N5O2. The molecule has 0 saturated carbocycles. The minimum absolute atomic E-state index is 0.0175. The van der Waals surface area contributed by atoms with E-state index in [4.69, 9.17) is 0 Å². The summed E-state index contributed by atoms with van der Waals surface area (Å²) in [6, 6.07) is 1.68. The predicted octanol–water partition coefficient (Wildman–Crippen LogP) is 0.810. The zero-order chi connectivity index (χ0) is 14.8. The molecule has 3 rings (SSSR count). The molecule has 1 aliphatic heterocycles. The van der Waals surface area contributed by atoms with Crippen LogP contribution in [0.1, 0.15) is 42.0 Å². The van der Waals surface area contributed by atoms with E-state index in [1.165, 1.54) is 0 Å². The van der Waals surface area contributed by atoms with Crippen molar-refractivity contribution in [3.63, 3.8) is 0 Å². The van der Waals surface area contributed by atoms with Crippen LogP contribution in [-0.2, 0) is 0 Å². The second-order valence-electron chi connectivity index (χ2n) is 5.42. The quantitative estimate of drug-likeness (QED) is 0.884. The third-order valence-electron chi connectivity index (χ3n) is 3.97. The average molecular weight is 289 g/mol. The van der Waals surface area contributed by atoms with Gasteiger partial charge in [-0.25, -0.2) is 9.50 Å². The van der Waals surface area contributed by atoms with Gasteiger partial charge in [-0.2, -0.15) is 4.98 Å². The van der Waals surface area contributed by atoms with Gasteiger partial charge in [-0.05, 0) is 25.8 Å². The Morgan fingerprint density at radius 1 is 1.43 bits per heavy atom. The van der Waals surface area contributed by atoms with Gasteiger partial charge in [0.05, 0.1) is 12.6 Å². The Hall–Kier alpha value is -2.02. The minimum Gasteiger partial charge on any atom is -0.394 e. The summed E-state index contributed by atoms with van der Waals surface area (Å²) in [5.41, 5.74) is 0.876. The summed E-state index contributed by atoms with van der Waals surface area (Å²) in [4.78, 5) is 22.7. The van der Waals surface area contributed by atoms with Crippen molar-refractivity contribution in [2.45, 2.75) is 38.6 Å². The summed E-state index contributed by atoms with van der Waals surface area (Å²) in [7, 11) is 0. The van der Waals surface area contributed by atoms with Crippen molar-refractivity contribution in [1.82, 2.24) is 24.5 Å². The van der Waals surface area contributed by atoms with E-state index in [1.807, 2.05) is 13.0 Å². The van der Waals surface area contributed by atoms with Crippen LogP contribution in [-0.4, -0.2) is 54.7 Å². The highest BCUT2D eigenvalue weighted by Crippen LogP contribution is 2.18. The minimum atomic E-state index is -0.221. The molecule has 7 heteroatoms. The van der Waals surface area contributed by atoms with Crippen molar-refractivity contribution < 1.29 is 9.90 Å². The van der Waals surface area contributed by atoms with Crippen LogP contribution in [0.2, 0.25) is 0 Å². The zero-order valence-corrected chi connectivity index (χ0v) is 12.1. The van der Waals surface area contributed by atoms with Gasteiger partial charge in [-0.1, -0.05) is 12.8 Å². The van der Waals surface area contributed by atoms with E-state index in [-0.39, 0.29) is 24.4 Å². The van der Waals surface area contributed by atoms with Crippen molar-refractivity contribution in [2.75, 3.05) is 13.2 Å². The lowest BCUT2D eigenvalue weighted by molar-refractivity contribution is 0.0588. The molecule has 7 nitrogen and oxygen atoms in total. The lowest BCUT2D eigenvalue weighted by atomic mass is 10.1. The zero-order valence-electron chi connectivity index (χ0n) is 12.1. The third kappa shape index (κ3) is 2.61. The van der Waals surface area contributed by atoms with E-state index >= 15 is 0 Å². The van der Waals surface area contributed by atoms with Gasteiger partial charge in [-0.15, -0.1) is 5.10 Å². The largest absolute Gasteiger partial charge is 0.394 e. The fourth-order valence-corrected chi connectivity index (χ4v) is 2.76. The van der Waals surface area contributed by atoms with E-state index in [0.29, 0.717) is 12.3 Å².